The van der Waals surface area contributed by atoms with Gasteiger partial charge in [0, 0.05) is 49.9 Å². The monoisotopic (exact) mass is 416 g/mol. The Hall–Kier alpha value is -2.78. The number of benzene rings is 2. The lowest BCUT2D eigenvalue weighted by molar-refractivity contribution is 0.357. The number of hydrogen-bond donors (Lipinski definition) is 3. The van der Waals surface area contributed by atoms with Gasteiger partial charge < -0.3 is 21.7 Å². The minimum atomic E-state index is -0.559. The Labute approximate surface area is 171 Å². The molecule has 2 aromatic carbocycles. The zero-order valence-electron chi connectivity index (χ0n) is 16.2. The Bertz CT molecular complexity index is 1120. The number of halogens is 2. The van der Waals surface area contributed by atoms with Crippen molar-refractivity contribution in [1.82, 2.24) is 15.2 Å². The summed E-state index contributed by atoms with van der Waals surface area (Å²) in [4.78, 5) is 10.7. The molecule has 0 aliphatic carbocycles. The molecule has 1 fully saturated rings. The molecule has 0 unspecified atom stereocenters. The van der Waals surface area contributed by atoms with Crippen molar-refractivity contribution >= 4 is 38.2 Å². The minimum absolute atomic E-state index is 0.0189. The van der Waals surface area contributed by atoms with E-state index in [1.807, 2.05) is 6.07 Å². The number of nitrogens with one attached hydrogen (secondary N) is 1. The van der Waals surface area contributed by atoms with Crippen molar-refractivity contribution in [2.45, 2.75) is 6.92 Å². The van der Waals surface area contributed by atoms with Crippen LogP contribution in [0.3, 0.4) is 0 Å². The van der Waals surface area contributed by atoms with E-state index in [-0.39, 0.29) is 10.8 Å². The first kappa shape index (κ1) is 19.5. The predicted molar refractivity (Wildman–Crippen MR) is 115 cm³/mol. The van der Waals surface area contributed by atoms with Crippen LogP contribution in [0.25, 0.3) is 21.3 Å². The summed E-state index contributed by atoms with van der Waals surface area (Å²) in [6.45, 7) is 5.00. The van der Waals surface area contributed by atoms with Crippen LogP contribution in [0.2, 0.25) is 0 Å². The highest BCUT2D eigenvalue weighted by molar-refractivity contribution is 7.22. The topological polar surface area (TPSA) is 92.6 Å². The Morgan fingerprint density at radius 3 is 2.66 bits per heavy atom. The van der Waals surface area contributed by atoms with E-state index in [1.165, 1.54) is 12.1 Å². The molecule has 1 aliphatic heterocycles. The predicted octanol–water partition coefficient (Wildman–Crippen LogP) is 3.00. The third-order valence-corrected chi connectivity index (χ3v) is 6.04. The summed E-state index contributed by atoms with van der Waals surface area (Å²) in [6, 6.07) is 4.66. The van der Waals surface area contributed by atoms with Gasteiger partial charge in [-0.1, -0.05) is 11.3 Å². The molecule has 4 rings (SSSR count). The quantitative estimate of drug-likeness (QED) is 0.339. The number of piperazine rings is 1. The number of aromatic nitrogens is 1. The molecule has 1 aliphatic rings. The van der Waals surface area contributed by atoms with Crippen LogP contribution in [0, 0.1) is 18.6 Å². The average molecular weight is 417 g/mol. The van der Waals surface area contributed by atoms with Crippen molar-refractivity contribution in [3.63, 3.8) is 0 Å². The fourth-order valence-electron chi connectivity index (χ4n) is 3.81. The number of amidine groups is 1. The molecule has 1 aromatic heterocycles. The van der Waals surface area contributed by atoms with E-state index < -0.39 is 11.6 Å². The molecular weight excluding hydrogens is 394 g/mol. The van der Waals surface area contributed by atoms with Crippen LogP contribution in [0.4, 0.5) is 19.6 Å². The third kappa shape index (κ3) is 3.30. The summed E-state index contributed by atoms with van der Waals surface area (Å²) in [5.41, 5.74) is 14.4. The largest absolute Gasteiger partial charge is 0.396 e. The van der Waals surface area contributed by atoms with Gasteiger partial charge in [-0.25, -0.2) is 13.8 Å². The first-order valence-electron chi connectivity index (χ1n) is 9.28. The van der Waals surface area contributed by atoms with Gasteiger partial charge in [-0.05, 0) is 30.7 Å². The second-order valence-electron chi connectivity index (χ2n) is 6.95. The maximum absolute atomic E-state index is 15.5. The first-order chi connectivity index (χ1) is 13.9. The molecular formula is C20H22F2N6S. The molecule has 0 spiro atoms. The number of nitrogens with two attached hydrogens (primary N) is 2. The summed E-state index contributed by atoms with van der Waals surface area (Å²) in [6.07, 6.45) is 0. The van der Waals surface area contributed by atoms with Gasteiger partial charge in [-0.15, -0.1) is 0 Å². The van der Waals surface area contributed by atoms with Gasteiger partial charge in [0.05, 0.1) is 15.9 Å². The number of thiazole rings is 1. The molecule has 9 heteroatoms. The first-order valence-corrected chi connectivity index (χ1v) is 10.1. The van der Waals surface area contributed by atoms with Crippen LogP contribution in [0.5, 0.6) is 0 Å². The van der Waals surface area contributed by atoms with Gasteiger partial charge in [-0.3, -0.25) is 4.99 Å². The van der Waals surface area contributed by atoms with Gasteiger partial charge in [0.25, 0.3) is 0 Å². The maximum Gasteiger partial charge on any atom is 0.181 e. The average Bonchev–Trinajstić information content (AvgIpc) is 3.11. The second kappa shape index (κ2) is 7.57. The van der Waals surface area contributed by atoms with Gasteiger partial charge >= 0.3 is 0 Å². The fourth-order valence-corrected chi connectivity index (χ4v) is 4.57. The number of fused-ring (bicyclic) bond motifs is 1. The number of aryl methyl sites for hydroxylation is 1. The summed E-state index contributed by atoms with van der Waals surface area (Å²) in [7, 11) is 1.68. The van der Waals surface area contributed by atoms with E-state index in [9.17, 15) is 4.39 Å². The highest BCUT2D eigenvalue weighted by Gasteiger charge is 2.24. The minimum Gasteiger partial charge on any atom is -0.396 e. The molecule has 0 atom stereocenters. The highest BCUT2D eigenvalue weighted by atomic mass is 32.1. The molecule has 1 saturated heterocycles. The zero-order chi connectivity index (χ0) is 20.7. The van der Waals surface area contributed by atoms with Crippen LogP contribution in [-0.2, 0) is 0 Å². The van der Waals surface area contributed by atoms with E-state index in [0.717, 1.165) is 37.5 Å². The van der Waals surface area contributed by atoms with Crippen molar-refractivity contribution in [1.29, 1.82) is 0 Å². The Morgan fingerprint density at radius 2 is 1.97 bits per heavy atom. The molecule has 6 nitrogen and oxygen atoms in total. The number of nitrogens with zero attached hydrogens (tertiary/aromatic N) is 3. The summed E-state index contributed by atoms with van der Waals surface area (Å²) in [5.74, 6) is -0.324. The summed E-state index contributed by atoms with van der Waals surface area (Å²) >= 11 is 1.04. The van der Waals surface area contributed by atoms with Crippen LogP contribution < -0.4 is 16.8 Å². The van der Waals surface area contributed by atoms with E-state index in [1.54, 1.807) is 14.0 Å². The van der Waals surface area contributed by atoms with Gasteiger partial charge in [0.1, 0.15) is 11.7 Å². The molecule has 0 saturated carbocycles. The van der Waals surface area contributed by atoms with E-state index in [2.05, 4.69) is 20.2 Å². The van der Waals surface area contributed by atoms with Crippen molar-refractivity contribution in [3.8, 4) is 11.1 Å². The van der Waals surface area contributed by atoms with Crippen molar-refractivity contribution in [3.05, 3.63) is 41.0 Å². The fraction of sp³-hybridized carbons (Fsp3) is 0.300. The van der Waals surface area contributed by atoms with Gasteiger partial charge in [0.2, 0.25) is 0 Å². The Kier molecular flexibility index (Phi) is 5.10. The molecule has 29 heavy (non-hydrogen) atoms. The van der Waals surface area contributed by atoms with Gasteiger partial charge in [-0.2, -0.15) is 0 Å². The molecule has 3 aromatic rings. The smallest absolute Gasteiger partial charge is 0.181 e. The molecule has 0 bridgehead atoms. The Morgan fingerprint density at radius 1 is 1.24 bits per heavy atom. The number of aliphatic imine (C=N–C) groups is 1. The van der Waals surface area contributed by atoms with E-state index in [0.29, 0.717) is 38.3 Å². The van der Waals surface area contributed by atoms with Gasteiger partial charge in [0.15, 0.2) is 10.9 Å². The summed E-state index contributed by atoms with van der Waals surface area (Å²) in [5, 5.41) is 3.52. The third-order valence-electron chi connectivity index (χ3n) is 5.15. The highest BCUT2D eigenvalue weighted by Crippen LogP contribution is 2.39. The molecule has 5 N–H and O–H groups in total. The van der Waals surface area contributed by atoms with Crippen molar-refractivity contribution in [2.24, 2.45) is 4.99 Å². The molecule has 152 valence electrons. The van der Waals surface area contributed by atoms with Crippen LogP contribution in [0.15, 0.2) is 23.2 Å². The van der Waals surface area contributed by atoms with Crippen LogP contribution in [-0.4, -0.2) is 48.9 Å². The number of nitrogen functional groups attached to an aromatic ring is 2. The van der Waals surface area contributed by atoms with E-state index in [4.69, 9.17) is 11.5 Å². The molecule has 0 radical (unpaired) electrons. The lowest BCUT2D eigenvalue weighted by atomic mass is 9.94. The molecule has 2 heterocycles. The van der Waals surface area contributed by atoms with Crippen molar-refractivity contribution in [2.75, 3.05) is 44.7 Å². The standard InChI is InChI=1S/C20H22F2N6S/c1-10-9-12(19(25-2)28-7-5-26-6-8-28)16(23)15(22)14(10)11-3-4-13(21)18-17(11)27-20(24)29-18/h3-4,9,26H,5-8,23H2,1-2H3,(H2,24,27). The van der Waals surface area contributed by atoms with Crippen LogP contribution in [0.1, 0.15) is 11.1 Å². The zero-order valence-corrected chi connectivity index (χ0v) is 17.0. The SMILES string of the molecule is CN=C(c1cc(C)c(-c2ccc(F)c3sc(N)nc23)c(F)c1N)N1CCNCC1. The normalized spacial score (nSPS) is 15.3. The number of anilines is 2. The van der Waals surface area contributed by atoms with Crippen LogP contribution >= 0.6 is 11.3 Å². The van der Waals surface area contributed by atoms with Crippen molar-refractivity contribution < 1.29 is 8.78 Å². The van der Waals surface area contributed by atoms with E-state index >= 15 is 4.39 Å². The lowest BCUT2D eigenvalue weighted by Crippen LogP contribution is -2.47. The summed E-state index contributed by atoms with van der Waals surface area (Å²) < 4.78 is 30.0. The Balaban J connectivity index is 1.88. The molecule has 0 amide bonds. The number of rotatable bonds is 2. The lowest BCUT2D eigenvalue weighted by Gasteiger charge is -2.31. The maximum atomic E-state index is 15.5. The number of hydrogen-bond acceptors (Lipinski definition) is 6. The second-order valence-corrected chi connectivity index (χ2v) is 7.98.